The van der Waals surface area contributed by atoms with Crippen LogP contribution in [0.4, 0.5) is 11.4 Å². The molecule has 6 nitrogen and oxygen atoms in total. The van der Waals surface area contributed by atoms with Crippen molar-refractivity contribution in [3.05, 3.63) is 82.9 Å². The van der Waals surface area contributed by atoms with E-state index >= 15 is 0 Å². The van der Waals surface area contributed by atoms with Gasteiger partial charge in [0.15, 0.2) is 11.5 Å². The molecule has 1 aliphatic rings. The van der Waals surface area contributed by atoms with Crippen molar-refractivity contribution >= 4 is 23.2 Å². The van der Waals surface area contributed by atoms with Crippen LogP contribution in [0.15, 0.2) is 60.7 Å². The first-order chi connectivity index (χ1) is 14.0. The van der Waals surface area contributed by atoms with E-state index in [4.69, 9.17) is 9.47 Å². The Balaban J connectivity index is 1.43. The molecule has 0 aromatic heterocycles. The smallest absolute Gasteiger partial charge is 0.255 e. The lowest BCUT2D eigenvalue weighted by Gasteiger charge is -2.10. The topological polar surface area (TPSA) is 76.7 Å². The number of carbonyl (C=O) groups excluding carboxylic acids is 2. The molecule has 4 rings (SSSR count). The van der Waals surface area contributed by atoms with Gasteiger partial charge in [-0.05, 0) is 67.4 Å². The molecule has 3 aromatic carbocycles. The van der Waals surface area contributed by atoms with Crippen molar-refractivity contribution < 1.29 is 19.1 Å². The first-order valence-corrected chi connectivity index (χ1v) is 9.19. The van der Waals surface area contributed by atoms with E-state index in [-0.39, 0.29) is 18.6 Å². The van der Waals surface area contributed by atoms with Crippen LogP contribution in [-0.4, -0.2) is 18.6 Å². The molecule has 146 valence electrons. The molecule has 0 radical (unpaired) electrons. The Kier molecular flexibility index (Phi) is 4.91. The lowest BCUT2D eigenvalue weighted by molar-refractivity contribution is 0.101. The summed E-state index contributed by atoms with van der Waals surface area (Å²) in [4.78, 5) is 25.0. The Labute approximate surface area is 168 Å². The highest BCUT2D eigenvalue weighted by atomic mass is 16.7. The van der Waals surface area contributed by atoms with E-state index in [0.717, 1.165) is 16.8 Å². The number of amides is 2. The summed E-state index contributed by atoms with van der Waals surface area (Å²) < 4.78 is 10.6. The highest BCUT2D eigenvalue weighted by Gasteiger charge is 2.15. The minimum atomic E-state index is -0.273. The van der Waals surface area contributed by atoms with Gasteiger partial charge >= 0.3 is 0 Å². The molecule has 6 heteroatoms. The molecule has 0 fully saturated rings. The molecular weight excluding hydrogens is 368 g/mol. The molecule has 3 aromatic rings. The molecule has 1 heterocycles. The van der Waals surface area contributed by atoms with Crippen LogP contribution >= 0.6 is 0 Å². The van der Waals surface area contributed by atoms with Gasteiger partial charge in [-0.25, -0.2) is 0 Å². The van der Waals surface area contributed by atoms with Gasteiger partial charge in [0.2, 0.25) is 6.79 Å². The van der Waals surface area contributed by atoms with Crippen LogP contribution in [-0.2, 0) is 0 Å². The fourth-order valence-corrected chi connectivity index (χ4v) is 3.02. The number of nitrogens with one attached hydrogen (secondary N) is 2. The van der Waals surface area contributed by atoms with E-state index < -0.39 is 0 Å². The molecular formula is C23H20N2O4. The number of carbonyl (C=O) groups is 2. The van der Waals surface area contributed by atoms with Crippen LogP contribution in [0.5, 0.6) is 11.5 Å². The Morgan fingerprint density at radius 3 is 2.14 bits per heavy atom. The van der Waals surface area contributed by atoms with Crippen LogP contribution < -0.4 is 20.1 Å². The number of benzene rings is 3. The number of hydrogen-bond donors (Lipinski definition) is 2. The molecule has 0 aliphatic carbocycles. The average Bonchev–Trinajstić information content (AvgIpc) is 3.18. The molecule has 29 heavy (non-hydrogen) atoms. The Morgan fingerprint density at radius 2 is 1.41 bits per heavy atom. The summed E-state index contributed by atoms with van der Waals surface area (Å²) in [5.41, 5.74) is 4.37. The van der Waals surface area contributed by atoms with Crippen molar-refractivity contribution in [2.24, 2.45) is 0 Å². The van der Waals surface area contributed by atoms with E-state index in [2.05, 4.69) is 10.6 Å². The number of ether oxygens (including phenoxy) is 2. The molecule has 0 bridgehead atoms. The Hall–Kier alpha value is -3.80. The van der Waals surface area contributed by atoms with Crippen LogP contribution in [0.25, 0.3) is 0 Å². The fraction of sp³-hybridized carbons (Fsp3) is 0.130. The van der Waals surface area contributed by atoms with Crippen molar-refractivity contribution in [1.29, 1.82) is 0 Å². The third-order valence-corrected chi connectivity index (χ3v) is 4.68. The second kappa shape index (κ2) is 7.67. The maximum Gasteiger partial charge on any atom is 0.255 e. The molecule has 0 unspecified atom stereocenters. The molecule has 0 saturated carbocycles. The quantitative estimate of drug-likeness (QED) is 0.688. The van der Waals surface area contributed by atoms with Crippen molar-refractivity contribution in [3.8, 4) is 11.5 Å². The van der Waals surface area contributed by atoms with E-state index in [9.17, 15) is 9.59 Å². The zero-order chi connectivity index (χ0) is 20.4. The largest absolute Gasteiger partial charge is 0.454 e. The number of hydrogen-bond acceptors (Lipinski definition) is 4. The first kappa shape index (κ1) is 18.6. The predicted octanol–water partition coefficient (Wildman–Crippen LogP) is 4.54. The normalized spacial score (nSPS) is 11.8. The van der Waals surface area contributed by atoms with Gasteiger partial charge in [-0.15, -0.1) is 0 Å². The number of fused-ring (bicyclic) bond motifs is 1. The zero-order valence-corrected chi connectivity index (χ0v) is 16.1. The van der Waals surface area contributed by atoms with Crippen LogP contribution in [0.3, 0.4) is 0 Å². The summed E-state index contributed by atoms with van der Waals surface area (Å²) >= 11 is 0. The van der Waals surface area contributed by atoms with Crippen molar-refractivity contribution in [2.75, 3.05) is 17.4 Å². The lowest BCUT2D eigenvalue weighted by atomic mass is 10.1. The van der Waals surface area contributed by atoms with Crippen LogP contribution in [0.1, 0.15) is 31.8 Å². The van der Waals surface area contributed by atoms with Crippen molar-refractivity contribution in [2.45, 2.75) is 13.8 Å². The second-order valence-electron chi connectivity index (χ2n) is 6.87. The zero-order valence-electron chi connectivity index (χ0n) is 16.1. The number of anilines is 2. The summed E-state index contributed by atoms with van der Waals surface area (Å²) in [6.07, 6.45) is 0. The first-order valence-electron chi connectivity index (χ1n) is 9.19. The highest BCUT2D eigenvalue weighted by Crippen LogP contribution is 2.34. The van der Waals surface area contributed by atoms with Gasteiger partial charge in [-0.3, -0.25) is 9.59 Å². The van der Waals surface area contributed by atoms with Gasteiger partial charge in [0.05, 0.1) is 0 Å². The van der Waals surface area contributed by atoms with Crippen LogP contribution in [0, 0.1) is 13.8 Å². The van der Waals surface area contributed by atoms with Crippen molar-refractivity contribution in [1.82, 2.24) is 0 Å². The van der Waals surface area contributed by atoms with Gasteiger partial charge in [0.1, 0.15) is 0 Å². The van der Waals surface area contributed by atoms with E-state index in [1.807, 2.05) is 32.0 Å². The molecule has 0 saturated heterocycles. The molecule has 2 amide bonds. The molecule has 0 atom stereocenters. The van der Waals surface area contributed by atoms with Gasteiger partial charge in [0, 0.05) is 28.6 Å². The number of rotatable bonds is 4. The van der Waals surface area contributed by atoms with Gasteiger partial charge < -0.3 is 20.1 Å². The monoisotopic (exact) mass is 388 g/mol. The molecule has 0 spiro atoms. The summed E-state index contributed by atoms with van der Waals surface area (Å²) in [5, 5.41) is 5.73. The molecule has 1 aliphatic heterocycles. The summed E-state index contributed by atoms with van der Waals surface area (Å²) in [6, 6.07) is 17.6. The predicted molar refractivity (Wildman–Crippen MR) is 111 cm³/mol. The van der Waals surface area contributed by atoms with E-state index in [1.165, 1.54) is 0 Å². The highest BCUT2D eigenvalue weighted by molar-refractivity contribution is 6.07. The van der Waals surface area contributed by atoms with Gasteiger partial charge in [-0.2, -0.15) is 0 Å². The average molecular weight is 388 g/mol. The second-order valence-corrected chi connectivity index (χ2v) is 6.87. The standard InChI is InChI=1S/C23H20N2O4/c1-14-3-4-15(2)19(11-14)25-23(27)17-7-5-16(6-8-17)22(26)24-18-9-10-20-21(12-18)29-13-28-20/h3-12H,13H2,1-2H3,(H,24,26)(H,25,27). The van der Waals surface area contributed by atoms with E-state index in [1.54, 1.807) is 42.5 Å². The minimum Gasteiger partial charge on any atom is -0.454 e. The Morgan fingerprint density at radius 1 is 0.759 bits per heavy atom. The molecule has 2 N–H and O–H groups in total. The SMILES string of the molecule is Cc1ccc(C)c(NC(=O)c2ccc(C(=O)Nc3ccc4c(c3)OCO4)cc2)c1. The minimum absolute atomic E-state index is 0.179. The third-order valence-electron chi connectivity index (χ3n) is 4.68. The fourth-order valence-electron chi connectivity index (χ4n) is 3.02. The van der Waals surface area contributed by atoms with Gasteiger partial charge in [0.25, 0.3) is 11.8 Å². The van der Waals surface area contributed by atoms with Crippen molar-refractivity contribution in [3.63, 3.8) is 0 Å². The summed E-state index contributed by atoms with van der Waals surface area (Å²) in [7, 11) is 0. The third kappa shape index (κ3) is 4.06. The lowest BCUT2D eigenvalue weighted by Crippen LogP contribution is -2.15. The van der Waals surface area contributed by atoms with E-state index in [0.29, 0.717) is 28.3 Å². The van der Waals surface area contributed by atoms with Crippen LogP contribution in [0.2, 0.25) is 0 Å². The maximum absolute atomic E-state index is 12.5. The van der Waals surface area contributed by atoms with Gasteiger partial charge in [-0.1, -0.05) is 12.1 Å². The Bertz CT molecular complexity index is 1090. The number of aryl methyl sites for hydroxylation is 2. The summed E-state index contributed by atoms with van der Waals surface area (Å²) in [6.45, 7) is 4.10. The maximum atomic E-state index is 12.5. The summed E-state index contributed by atoms with van der Waals surface area (Å²) in [5.74, 6) is 0.759.